The molecule has 33 heavy (non-hydrogen) atoms. The summed E-state index contributed by atoms with van der Waals surface area (Å²) in [6, 6.07) is 6.14. The van der Waals surface area contributed by atoms with E-state index in [0.717, 1.165) is 5.56 Å². The summed E-state index contributed by atoms with van der Waals surface area (Å²) < 4.78 is 43.8. The summed E-state index contributed by atoms with van der Waals surface area (Å²) in [5.74, 6) is -3.06. The van der Waals surface area contributed by atoms with Crippen LogP contribution in [-0.4, -0.2) is 40.5 Å². The number of allylic oxidation sites excluding steroid dienone is 3. The van der Waals surface area contributed by atoms with Gasteiger partial charge >= 0.3 is 10.1 Å². The molecule has 0 N–H and O–H groups in total. The quantitative estimate of drug-likeness (QED) is 0.256. The number of carbonyl (C=O) groups excluding carboxylic acids is 2. The van der Waals surface area contributed by atoms with Crippen molar-refractivity contribution in [3.63, 3.8) is 0 Å². The van der Waals surface area contributed by atoms with Crippen molar-refractivity contribution in [2.45, 2.75) is 44.8 Å². The Balaban J connectivity index is 2.07. The molecule has 7 nitrogen and oxygen atoms in total. The molecule has 5 rings (SSSR count). The Morgan fingerprint density at radius 1 is 1.12 bits per heavy atom. The number of aryl methyl sites for hydroxylation is 1. The Hall–Kier alpha value is -2.00. The number of aldehydes is 1. The topological polar surface area (TPSA) is 96.0 Å². The average Bonchev–Trinajstić information content (AvgIpc) is 3.14. The van der Waals surface area contributed by atoms with Crippen LogP contribution in [0.15, 0.2) is 51.6 Å². The lowest BCUT2D eigenvalue weighted by Crippen LogP contribution is -2.76. The van der Waals surface area contributed by atoms with Crippen LogP contribution in [0, 0.1) is 29.1 Å². The van der Waals surface area contributed by atoms with E-state index in [1.165, 1.54) is 33.3 Å². The second kappa shape index (κ2) is 7.25. The lowest BCUT2D eigenvalue weighted by molar-refractivity contribution is -0.287. The molecule has 1 saturated carbocycles. The molecule has 4 aliphatic carbocycles. The number of hydrogen-bond donors (Lipinski definition) is 0. The fourth-order valence-corrected chi connectivity index (χ4v) is 7.70. The van der Waals surface area contributed by atoms with E-state index in [1.807, 2.05) is 19.9 Å². The molecule has 2 bridgehead atoms. The first-order chi connectivity index (χ1) is 15.3. The average molecular weight is 495 g/mol. The van der Waals surface area contributed by atoms with Gasteiger partial charge in [-0.05, 0) is 50.8 Å². The minimum atomic E-state index is -4.36. The number of rotatable bonds is 6. The first-order valence-corrected chi connectivity index (χ1v) is 12.4. The zero-order chi connectivity index (χ0) is 24.6. The largest absolute Gasteiger partial charge is 0.381 e. The Bertz CT molecular complexity index is 1210. The highest BCUT2D eigenvalue weighted by molar-refractivity contribution is 7.86. The maximum atomic E-state index is 14.1. The molecular weight excluding hydrogens is 468 g/mol. The third-order valence-electron chi connectivity index (χ3n) is 8.07. The van der Waals surface area contributed by atoms with E-state index >= 15 is 0 Å². The van der Waals surface area contributed by atoms with Gasteiger partial charge < -0.3 is 18.5 Å². The number of carbonyl (C=O) groups is 2. The predicted molar refractivity (Wildman–Crippen MR) is 121 cm³/mol. The van der Waals surface area contributed by atoms with Crippen molar-refractivity contribution >= 4 is 33.8 Å². The number of benzene rings is 1. The molecule has 1 spiro atoms. The lowest BCUT2D eigenvalue weighted by atomic mass is 9.40. The molecule has 4 atom stereocenters. The van der Waals surface area contributed by atoms with Gasteiger partial charge in [0.15, 0.2) is 0 Å². The molecule has 0 radical (unpaired) electrons. The van der Waals surface area contributed by atoms with Gasteiger partial charge in [0.2, 0.25) is 11.6 Å². The Labute approximate surface area is 198 Å². The molecule has 178 valence electrons. The monoisotopic (exact) mass is 494 g/mol. The molecule has 0 aliphatic heterocycles. The normalized spacial score (nSPS) is 34.8. The summed E-state index contributed by atoms with van der Waals surface area (Å²) in [6.07, 6.45) is 3.02. The predicted octanol–water partition coefficient (Wildman–Crippen LogP) is 3.90. The van der Waals surface area contributed by atoms with Gasteiger partial charge in [-0.15, -0.1) is 0 Å². The summed E-state index contributed by atoms with van der Waals surface area (Å²) in [5.41, 5.74) is -3.21. The molecule has 1 fully saturated rings. The van der Waals surface area contributed by atoms with Crippen molar-refractivity contribution in [3.8, 4) is 0 Å². The maximum absolute atomic E-state index is 14.1. The van der Waals surface area contributed by atoms with E-state index in [-0.39, 0.29) is 21.6 Å². The van der Waals surface area contributed by atoms with Crippen LogP contribution >= 0.6 is 11.6 Å². The van der Waals surface area contributed by atoms with Gasteiger partial charge in [-0.25, -0.2) is 0 Å². The zero-order valence-electron chi connectivity index (χ0n) is 19.4. The molecule has 0 heterocycles. The molecule has 9 heteroatoms. The van der Waals surface area contributed by atoms with Crippen LogP contribution in [0.25, 0.3) is 0 Å². The minimum Gasteiger partial charge on any atom is -0.381 e. The van der Waals surface area contributed by atoms with Crippen LogP contribution in [0.3, 0.4) is 0 Å². The summed E-state index contributed by atoms with van der Waals surface area (Å²) in [4.78, 5) is 26.8. The molecule has 4 aliphatic rings. The zero-order valence-corrected chi connectivity index (χ0v) is 21.0. The van der Waals surface area contributed by atoms with Crippen molar-refractivity contribution in [3.05, 3.63) is 52.3 Å². The van der Waals surface area contributed by atoms with E-state index in [2.05, 4.69) is 0 Å². The van der Waals surface area contributed by atoms with Crippen LogP contribution in [0.1, 0.15) is 32.8 Å². The number of Topliss-reactive ketones (excluding diaryl/α,β-unsaturated/α-hetero) is 1. The fourth-order valence-electron chi connectivity index (χ4n) is 6.02. The van der Waals surface area contributed by atoms with Crippen molar-refractivity contribution in [2.75, 3.05) is 14.2 Å². The molecule has 0 amide bonds. The van der Waals surface area contributed by atoms with Gasteiger partial charge in [-0.3, -0.25) is 4.79 Å². The van der Waals surface area contributed by atoms with Crippen molar-refractivity contribution in [1.29, 1.82) is 0 Å². The van der Waals surface area contributed by atoms with E-state index in [1.54, 1.807) is 19.1 Å². The summed E-state index contributed by atoms with van der Waals surface area (Å²) in [7, 11) is -1.78. The first-order valence-electron chi connectivity index (χ1n) is 10.6. The molecule has 1 aromatic rings. The Kier molecular flexibility index (Phi) is 5.30. The second-order valence-electron chi connectivity index (χ2n) is 9.36. The standard InChI is InChI=1S/C24H27ClO7S/c1-14-7-10-16(11-8-14)33(28,29)32-19-18(25)23-15(2)9-12-17(23)21(3,13-26)22(19,4)24(30-5,31-6)20(23)27/h7-8,10-13,15H,9H2,1-6H3. The second-order valence-corrected chi connectivity index (χ2v) is 11.3. The van der Waals surface area contributed by atoms with E-state index in [9.17, 15) is 18.0 Å². The SMILES string of the molecule is COC1(OC)C(=O)C23C(=CCC2C)C(C)(C=O)C1(C)C(OS(=O)(=O)c1ccc(C)cc1)=C3Cl. The molecule has 0 aromatic heterocycles. The van der Waals surface area contributed by atoms with Crippen LogP contribution < -0.4 is 0 Å². The minimum absolute atomic E-state index is 0.0500. The molecule has 0 saturated heterocycles. The van der Waals surface area contributed by atoms with Gasteiger partial charge in [0.25, 0.3) is 0 Å². The van der Waals surface area contributed by atoms with Crippen LogP contribution in [-0.2, 0) is 33.4 Å². The number of ketones is 1. The highest BCUT2D eigenvalue weighted by atomic mass is 35.5. The molecule has 1 aromatic carbocycles. The highest BCUT2D eigenvalue weighted by Crippen LogP contribution is 2.76. The third-order valence-corrected chi connectivity index (χ3v) is 9.77. The maximum Gasteiger partial charge on any atom is 0.338 e. The van der Waals surface area contributed by atoms with Crippen molar-refractivity contribution < 1.29 is 31.7 Å². The van der Waals surface area contributed by atoms with Gasteiger partial charge in [0.1, 0.15) is 22.4 Å². The molecule has 4 unspecified atom stereocenters. The molecular formula is C24H27ClO7S. The van der Waals surface area contributed by atoms with Gasteiger partial charge in [0, 0.05) is 14.2 Å². The van der Waals surface area contributed by atoms with Crippen LogP contribution in [0.4, 0.5) is 0 Å². The number of ether oxygens (including phenoxy) is 2. The van der Waals surface area contributed by atoms with E-state index in [4.69, 9.17) is 25.3 Å². The van der Waals surface area contributed by atoms with Gasteiger partial charge in [0.05, 0.1) is 15.9 Å². The van der Waals surface area contributed by atoms with Crippen molar-refractivity contribution in [1.82, 2.24) is 0 Å². The highest BCUT2D eigenvalue weighted by Gasteiger charge is 2.83. The van der Waals surface area contributed by atoms with Crippen molar-refractivity contribution in [2.24, 2.45) is 22.2 Å². The summed E-state index contributed by atoms with van der Waals surface area (Å²) in [6.45, 7) is 6.83. The first kappa shape index (κ1) is 24.1. The van der Waals surface area contributed by atoms with Gasteiger partial charge in [-0.2, -0.15) is 8.42 Å². The fraction of sp³-hybridized carbons (Fsp3) is 0.500. The summed E-state index contributed by atoms with van der Waals surface area (Å²) in [5, 5.41) is -0.0500. The van der Waals surface area contributed by atoms with Crippen LogP contribution in [0.2, 0.25) is 0 Å². The summed E-state index contributed by atoms with van der Waals surface area (Å²) >= 11 is 6.90. The number of methoxy groups -OCH3 is 2. The number of halogens is 1. The Morgan fingerprint density at radius 3 is 2.21 bits per heavy atom. The lowest BCUT2D eigenvalue weighted by Gasteiger charge is -2.65. The van der Waals surface area contributed by atoms with E-state index < -0.39 is 37.9 Å². The smallest absolute Gasteiger partial charge is 0.338 e. The number of hydrogen-bond acceptors (Lipinski definition) is 7. The number of fused-ring (bicyclic) bond motifs is 1. The van der Waals surface area contributed by atoms with E-state index in [0.29, 0.717) is 18.3 Å². The Morgan fingerprint density at radius 2 is 1.70 bits per heavy atom. The van der Waals surface area contributed by atoms with Crippen LogP contribution in [0.5, 0.6) is 0 Å². The third kappa shape index (κ3) is 2.50. The van der Waals surface area contributed by atoms with Gasteiger partial charge in [-0.1, -0.05) is 42.3 Å².